The van der Waals surface area contributed by atoms with Crippen molar-refractivity contribution in [2.75, 3.05) is 19.7 Å². The van der Waals surface area contributed by atoms with Gasteiger partial charge in [0.1, 0.15) is 5.69 Å². The minimum Gasteiger partial charge on any atom is -0.375 e. The van der Waals surface area contributed by atoms with Crippen molar-refractivity contribution < 1.29 is 9.53 Å². The number of hydrogen-bond donors (Lipinski definition) is 1. The van der Waals surface area contributed by atoms with Crippen LogP contribution in [0.5, 0.6) is 0 Å². The number of H-pyrrole nitrogens is 1. The number of benzene rings is 2. The zero-order chi connectivity index (χ0) is 18.5. The molecule has 0 saturated carbocycles. The Labute approximate surface area is 159 Å². The zero-order valence-electron chi connectivity index (χ0n) is 15.3. The van der Waals surface area contributed by atoms with Crippen LogP contribution in [0.4, 0.5) is 0 Å². The maximum atomic E-state index is 12.7. The number of aromatic nitrogens is 1. The molecule has 1 aliphatic rings. The SMILES string of the molecule is O=C(c1ccc[nH]1)N1CCO[C@@H](CC(c2ccccc2)c2ccccc2)C1. The molecule has 4 nitrogen and oxygen atoms in total. The summed E-state index contributed by atoms with van der Waals surface area (Å²) in [7, 11) is 0. The number of ether oxygens (including phenoxy) is 1. The molecule has 1 atom stereocenters. The Kier molecular flexibility index (Phi) is 5.35. The highest BCUT2D eigenvalue weighted by molar-refractivity contribution is 5.92. The molecule has 138 valence electrons. The fourth-order valence-corrected chi connectivity index (χ4v) is 3.78. The van der Waals surface area contributed by atoms with Crippen LogP contribution in [0.25, 0.3) is 0 Å². The fraction of sp³-hybridized carbons (Fsp3) is 0.261. The molecule has 1 fully saturated rings. The number of aromatic amines is 1. The summed E-state index contributed by atoms with van der Waals surface area (Å²) in [5, 5.41) is 0. The molecule has 1 aliphatic heterocycles. The molecule has 1 aromatic heterocycles. The Morgan fingerprint density at radius 3 is 2.26 bits per heavy atom. The van der Waals surface area contributed by atoms with Gasteiger partial charge in [0, 0.05) is 25.2 Å². The van der Waals surface area contributed by atoms with Gasteiger partial charge in [0.15, 0.2) is 0 Å². The van der Waals surface area contributed by atoms with Crippen molar-refractivity contribution >= 4 is 5.91 Å². The van der Waals surface area contributed by atoms with E-state index in [1.165, 1.54) is 11.1 Å². The van der Waals surface area contributed by atoms with E-state index in [-0.39, 0.29) is 17.9 Å². The van der Waals surface area contributed by atoms with Gasteiger partial charge in [0.25, 0.3) is 5.91 Å². The second-order valence-corrected chi connectivity index (χ2v) is 6.94. The van der Waals surface area contributed by atoms with Crippen molar-refractivity contribution in [2.24, 2.45) is 0 Å². The Hall–Kier alpha value is -2.85. The average Bonchev–Trinajstić information content (AvgIpc) is 3.28. The van der Waals surface area contributed by atoms with Crippen LogP contribution in [0.3, 0.4) is 0 Å². The van der Waals surface area contributed by atoms with E-state index in [1.807, 2.05) is 29.2 Å². The van der Waals surface area contributed by atoms with Crippen LogP contribution in [0.15, 0.2) is 79.0 Å². The maximum Gasteiger partial charge on any atom is 0.270 e. The highest BCUT2D eigenvalue weighted by Gasteiger charge is 2.28. The van der Waals surface area contributed by atoms with Gasteiger partial charge in [-0.25, -0.2) is 0 Å². The summed E-state index contributed by atoms with van der Waals surface area (Å²) in [4.78, 5) is 17.6. The minimum absolute atomic E-state index is 0.0167. The highest BCUT2D eigenvalue weighted by Crippen LogP contribution is 2.31. The molecular weight excluding hydrogens is 336 g/mol. The lowest BCUT2D eigenvalue weighted by Crippen LogP contribution is -2.46. The highest BCUT2D eigenvalue weighted by atomic mass is 16.5. The minimum atomic E-state index is 0.0167. The molecule has 1 saturated heterocycles. The molecule has 0 aliphatic carbocycles. The topological polar surface area (TPSA) is 45.3 Å². The van der Waals surface area contributed by atoms with Gasteiger partial charge < -0.3 is 14.6 Å². The second kappa shape index (κ2) is 8.23. The second-order valence-electron chi connectivity index (χ2n) is 6.94. The van der Waals surface area contributed by atoms with Crippen molar-refractivity contribution in [3.05, 3.63) is 95.8 Å². The van der Waals surface area contributed by atoms with Crippen LogP contribution in [0.2, 0.25) is 0 Å². The summed E-state index contributed by atoms with van der Waals surface area (Å²) in [6.45, 7) is 1.83. The number of morpholine rings is 1. The number of hydrogen-bond acceptors (Lipinski definition) is 2. The third-order valence-electron chi connectivity index (χ3n) is 5.16. The van der Waals surface area contributed by atoms with Crippen molar-refractivity contribution in [3.8, 4) is 0 Å². The average molecular weight is 360 g/mol. The summed E-state index contributed by atoms with van der Waals surface area (Å²) in [5.74, 6) is 0.294. The third kappa shape index (κ3) is 4.12. The first-order valence-corrected chi connectivity index (χ1v) is 9.45. The normalized spacial score (nSPS) is 17.2. The Morgan fingerprint density at radius 2 is 1.67 bits per heavy atom. The quantitative estimate of drug-likeness (QED) is 0.745. The van der Waals surface area contributed by atoms with Crippen molar-refractivity contribution in [2.45, 2.75) is 18.4 Å². The molecule has 4 heteroatoms. The van der Waals surface area contributed by atoms with Gasteiger partial charge in [-0.1, -0.05) is 60.7 Å². The number of nitrogens with one attached hydrogen (secondary N) is 1. The number of nitrogens with zero attached hydrogens (tertiary/aromatic N) is 1. The molecule has 0 unspecified atom stereocenters. The molecule has 27 heavy (non-hydrogen) atoms. The van der Waals surface area contributed by atoms with E-state index in [0.29, 0.717) is 25.4 Å². The largest absolute Gasteiger partial charge is 0.375 e. The van der Waals surface area contributed by atoms with Crippen molar-refractivity contribution in [1.29, 1.82) is 0 Å². The maximum absolute atomic E-state index is 12.7. The Bertz CT molecular complexity index is 807. The number of rotatable bonds is 5. The molecule has 2 aromatic carbocycles. The lowest BCUT2D eigenvalue weighted by molar-refractivity contribution is -0.0265. The van der Waals surface area contributed by atoms with Gasteiger partial charge in [-0.2, -0.15) is 0 Å². The lowest BCUT2D eigenvalue weighted by atomic mass is 9.86. The van der Waals surface area contributed by atoms with Crippen LogP contribution in [-0.4, -0.2) is 41.6 Å². The molecular formula is C23H24N2O2. The van der Waals surface area contributed by atoms with Gasteiger partial charge in [0.2, 0.25) is 0 Å². The number of carbonyl (C=O) groups is 1. The molecule has 3 aromatic rings. The fourth-order valence-electron chi connectivity index (χ4n) is 3.78. The van der Waals surface area contributed by atoms with Crippen LogP contribution >= 0.6 is 0 Å². The van der Waals surface area contributed by atoms with Crippen molar-refractivity contribution in [3.63, 3.8) is 0 Å². The first-order chi connectivity index (χ1) is 13.3. The molecule has 1 amide bonds. The van der Waals surface area contributed by atoms with E-state index in [2.05, 4.69) is 53.5 Å². The van der Waals surface area contributed by atoms with Crippen LogP contribution in [0, 0.1) is 0 Å². The van der Waals surface area contributed by atoms with Gasteiger partial charge in [-0.15, -0.1) is 0 Å². The van der Waals surface area contributed by atoms with Crippen LogP contribution < -0.4 is 0 Å². The van der Waals surface area contributed by atoms with E-state index in [1.54, 1.807) is 6.20 Å². The zero-order valence-corrected chi connectivity index (χ0v) is 15.3. The molecule has 2 heterocycles. The van der Waals surface area contributed by atoms with Gasteiger partial charge >= 0.3 is 0 Å². The van der Waals surface area contributed by atoms with Gasteiger partial charge in [-0.05, 0) is 29.7 Å². The van der Waals surface area contributed by atoms with Crippen LogP contribution in [-0.2, 0) is 4.74 Å². The van der Waals surface area contributed by atoms with E-state index in [0.717, 1.165) is 6.42 Å². The van der Waals surface area contributed by atoms with Crippen LogP contribution in [0.1, 0.15) is 34.0 Å². The molecule has 0 bridgehead atoms. The number of carbonyl (C=O) groups excluding carboxylic acids is 1. The first-order valence-electron chi connectivity index (χ1n) is 9.45. The summed E-state index contributed by atoms with van der Waals surface area (Å²) < 4.78 is 6.05. The van der Waals surface area contributed by atoms with E-state index in [9.17, 15) is 4.79 Å². The van der Waals surface area contributed by atoms with E-state index < -0.39 is 0 Å². The molecule has 4 rings (SSSR count). The van der Waals surface area contributed by atoms with Crippen molar-refractivity contribution in [1.82, 2.24) is 9.88 Å². The summed E-state index contributed by atoms with van der Waals surface area (Å²) in [6.07, 6.45) is 2.65. The molecule has 0 radical (unpaired) electrons. The van der Waals surface area contributed by atoms with Gasteiger partial charge in [0.05, 0.1) is 12.7 Å². The van der Waals surface area contributed by atoms with Gasteiger partial charge in [-0.3, -0.25) is 4.79 Å². The van der Waals surface area contributed by atoms with E-state index >= 15 is 0 Å². The summed E-state index contributed by atoms with van der Waals surface area (Å²) in [5.41, 5.74) is 3.19. The Balaban J connectivity index is 1.52. The molecule has 0 spiro atoms. The van der Waals surface area contributed by atoms with E-state index in [4.69, 9.17) is 4.74 Å². The lowest BCUT2D eigenvalue weighted by Gasteiger charge is -2.34. The predicted molar refractivity (Wildman–Crippen MR) is 106 cm³/mol. The predicted octanol–water partition coefficient (Wildman–Crippen LogP) is 4.08. The molecule has 1 N–H and O–H groups in total. The first kappa shape index (κ1) is 17.6. The Morgan fingerprint density at radius 1 is 1.00 bits per heavy atom. The standard InChI is InChI=1S/C23H24N2O2/c26-23(22-12-7-13-24-22)25-14-15-27-20(17-25)16-21(18-8-3-1-4-9-18)19-10-5-2-6-11-19/h1-13,20-21,24H,14-17H2/t20-/m0/s1. The summed E-state index contributed by atoms with van der Waals surface area (Å²) >= 11 is 0. The monoisotopic (exact) mass is 360 g/mol. The number of amides is 1. The smallest absolute Gasteiger partial charge is 0.270 e. The summed E-state index contributed by atoms with van der Waals surface area (Å²) in [6, 6.07) is 24.7. The third-order valence-corrected chi connectivity index (χ3v) is 5.16.